The molecule has 2 heteroatoms. The Hall–Kier alpha value is -1.02. The average molecular weight is 208 g/mol. The number of aliphatic hydroxyl groups is 1. The Kier molecular flexibility index (Phi) is 4.63. The van der Waals surface area contributed by atoms with E-state index in [1.165, 1.54) is 0 Å². The second-order valence-corrected chi connectivity index (χ2v) is 4.50. The molecule has 0 saturated carbocycles. The summed E-state index contributed by atoms with van der Waals surface area (Å²) in [5.41, 5.74) is 0.992. The van der Waals surface area contributed by atoms with Gasteiger partial charge in [-0.1, -0.05) is 26.0 Å². The predicted molar refractivity (Wildman–Crippen MR) is 61.9 cm³/mol. The van der Waals surface area contributed by atoms with E-state index in [4.69, 9.17) is 0 Å². The smallest absolute Gasteiger partial charge is 0.115 e. The number of phenolic OH excluding ortho intramolecular Hbond substituents is 1. The summed E-state index contributed by atoms with van der Waals surface area (Å²) in [6.07, 6.45) is 2.20. The van der Waals surface area contributed by atoms with Gasteiger partial charge in [0.1, 0.15) is 5.75 Å². The summed E-state index contributed by atoms with van der Waals surface area (Å²) >= 11 is 0. The number of phenols is 1. The summed E-state index contributed by atoms with van der Waals surface area (Å²) in [5.74, 6) is 0.896. The number of hydrogen-bond donors (Lipinski definition) is 2. The largest absolute Gasteiger partial charge is 0.508 e. The van der Waals surface area contributed by atoms with Crippen LogP contribution < -0.4 is 0 Å². The Bertz CT molecular complexity index is 294. The number of rotatable bonds is 5. The lowest BCUT2D eigenvalue weighted by Crippen LogP contribution is -2.11. The van der Waals surface area contributed by atoms with E-state index in [1.807, 2.05) is 6.07 Å². The first-order valence-electron chi connectivity index (χ1n) is 5.54. The number of aliphatic hydroxyl groups excluding tert-OH is 1. The molecule has 2 N–H and O–H groups in total. The summed E-state index contributed by atoms with van der Waals surface area (Å²) in [5, 5.41) is 19.0. The van der Waals surface area contributed by atoms with Crippen molar-refractivity contribution in [1.29, 1.82) is 0 Å². The molecule has 1 atom stereocenters. The van der Waals surface area contributed by atoms with Crippen LogP contribution in [0.3, 0.4) is 0 Å². The van der Waals surface area contributed by atoms with Crippen molar-refractivity contribution in [3.63, 3.8) is 0 Å². The maximum Gasteiger partial charge on any atom is 0.115 e. The van der Waals surface area contributed by atoms with Crippen LogP contribution in [0.4, 0.5) is 0 Å². The first-order valence-corrected chi connectivity index (χ1v) is 5.54. The lowest BCUT2D eigenvalue weighted by molar-refractivity contribution is 0.157. The molecule has 84 valence electrons. The highest BCUT2D eigenvalue weighted by Gasteiger charge is 2.07. The molecule has 1 unspecified atom stereocenters. The number of aromatic hydroxyl groups is 1. The zero-order valence-corrected chi connectivity index (χ0v) is 9.48. The monoisotopic (exact) mass is 208 g/mol. The molecular weight excluding hydrogens is 188 g/mol. The molecule has 0 heterocycles. The summed E-state index contributed by atoms with van der Waals surface area (Å²) in [6.45, 7) is 4.31. The molecule has 1 aromatic carbocycles. The molecule has 15 heavy (non-hydrogen) atoms. The fourth-order valence-electron chi connectivity index (χ4n) is 1.58. The van der Waals surface area contributed by atoms with Crippen molar-refractivity contribution < 1.29 is 10.2 Å². The van der Waals surface area contributed by atoms with Crippen LogP contribution >= 0.6 is 0 Å². The Balaban J connectivity index is 2.40. The highest BCUT2D eigenvalue weighted by atomic mass is 16.3. The quantitative estimate of drug-likeness (QED) is 0.781. The van der Waals surface area contributed by atoms with Crippen LogP contribution in [0.15, 0.2) is 24.3 Å². The van der Waals surface area contributed by atoms with Gasteiger partial charge < -0.3 is 10.2 Å². The van der Waals surface area contributed by atoms with Crippen LogP contribution in [0.1, 0.15) is 32.3 Å². The lowest BCUT2D eigenvalue weighted by Gasteiger charge is -2.12. The molecule has 0 aromatic heterocycles. The topological polar surface area (TPSA) is 40.5 Å². The van der Waals surface area contributed by atoms with Crippen LogP contribution in [0.2, 0.25) is 0 Å². The molecule has 0 saturated heterocycles. The molecule has 0 bridgehead atoms. The van der Waals surface area contributed by atoms with E-state index in [0.29, 0.717) is 12.3 Å². The van der Waals surface area contributed by atoms with Gasteiger partial charge >= 0.3 is 0 Å². The predicted octanol–water partition coefficient (Wildman–Crippen LogP) is 2.73. The number of hydrogen-bond acceptors (Lipinski definition) is 2. The zero-order chi connectivity index (χ0) is 11.3. The van der Waals surface area contributed by atoms with Crippen molar-refractivity contribution in [1.82, 2.24) is 0 Å². The van der Waals surface area contributed by atoms with E-state index >= 15 is 0 Å². The minimum atomic E-state index is -0.297. The Morgan fingerprint density at radius 2 is 1.93 bits per heavy atom. The maximum absolute atomic E-state index is 9.76. The molecule has 0 aliphatic heterocycles. The molecule has 2 nitrogen and oxygen atoms in total. The van der Waals surface area contributed by atoms with Crippen molar-refractivity contribution in [2.75, 3.05) is 0 Å². The van der Waals surface area contributed by atoms with Gasteiger partial charge in [-0.15, -0.1) is 0 Å². The molecule has 0 aliphatic rings. The van der Waals surface area contributed by atoms with Gasteiger partial charge in [0.05, 0.1) is 6.10 Å². The van der Waals surface area contributed by atoms with E-state index in [-0.39, 0.29) is 11.9 Å². The Morgan fingerprint density at radius 1 is 1.20 bits per heavy atom. The minimum Gasteiger partial charge on any atom is -0.508 e. The Morgan fingerprint density at radius 3 is 2.53 bits per heavy atom. The van der Waals surface area contributed by atoms with Crippen LogP contribution in [-0.4, -0.2) is 16.3 Å². The normalized spacial score (nSPS) is 13.1. The zero-order valence-electron chi connectivity index (χ0n) is 9.48. The average Bonchev–Trinajstić information content (AvgIpc) is 2.15. The van der Waals surface area contributed by atoms with Crippen molar-refractivity contribution in [3.05, 3.63) is 29.8 Å². The Labute approximate surface area is 91.6 Å². The van der Waals surface area contributed by atoms with Crippen LogP contribution in [0, 0.1) is 5.92 Å². The molecule has 0 aliphatic carbocycles. The van der Waals surface area contributed by atoms with E-state index in [0.717, 1.165) is 18.4 Å². The van der Waals surface area contributed by atoms with E-state index in [2.05, 4.69) is 13.8 Å². The SMILES string of the molecule is CC(C)CCC(O)Cc1cccc(O)c1. The van der Waals surface area contributed by atoms with Crippen molar-refractivity contribution in [2.24, 2.45) is 5.92 Å². The molecule has 0 radical (unpaired) electrons. The van der Waals surface area contributed by atoms with Gasteiger partial charge in [0.15, 0.2) is 0 Å². The molecule has 0 fully saturated rings. The second-order valence-electron chi connectivity index (χ2n) is 4.50. The van der Waals surface area contributed by atoms with Gasteiger partial charge in [-0.3, -0.25) is 0 Å². The lowest BCUT2D eigenvalue weighted by atomic mass is 10.00. The molecule has 0 amide bonds. The molecule has 1 rings (SSSR count). The highest BCUT2D eigenvalue weighted by molar-refractivity contribution is 5.27. The van der Waals surface area contributed by atoms with Gasteiger partial charge in [-0.25, -0.2) is 0 Å². The van der Waals surface area contributed by atoms with Gasteiger partial charge in [0, 0.05) is 0 Å². The minimum absolute atomic E-state index is 0.267. The molecular formula is C13H20O2. The summed E-state index contributed by atoms with van der Waals surface area (Å²) < 4.78 is 0. The fraction of sp³-hybridized carbons (Fsp3) is 0.538. The molecule has 0 spiro atoms. The van der Waals surface area contributed by atoms with Gasteiger partial charge in [0.25, 0.3) is 0 Å². The number of benzene rings is 1. The van der Waals surface area contributed by atoms with Crippen LogP contribution in [0.25, 0.3) is 0 Å². The van der Waals surface area contributed by atoms with Crippen molar-refractivity contribution in [3.8, 4) is 5.75 Å². The van der Waals surface area contributed by atoms with Crippen molar-refractivity contribution in [2.45, 2.75) is 39.2 Å². The van der Waals surface area contributed by atoms with E-state index in [1.54, 1.807) is 18.2 Å². The van der Waals surface area contributed by atoms with Gasteiger partial charge in [0.2, 0.25) is 0 Å². The summed E-state index contributed by atoms with van der Waals surface area (Å²) in [7, 11) is 0. The van der Waals surface area contributed by atoms with E-state index in [9.17, 15) is 10.2 Å². The third-order valence-corrected chi connectivity index (χ3v) is 2.46. The maximum atomic E-state index is 9.76. The summed E-state index contributed by atoms with van der Waals surface area (Å²) in [4.78, 5) is 0. The first-order chi connectivity index (χ1) is 7.08. The standard InChI is InChI=1S/C13H20O2/c1-10(2)6-7-13(15)9-11-4-3-5-12(14)8-11/h3-5,8,10,13-15H,6-7,9H2,1-2H3. The van der Waals surface area contributed by atoms with Crippen LogP contribution in [0.5, 0.6) is 5.75 Å². The second kappa shape index (κ2) is 5.76. The van der Waals surface area contributed by atoms with Gasteiger partial charge in [-0.05, 0) is 42.9 Å². The highest BCUT2D eigenvalue weighted by Crippen LogP contribution is 2.15. The first kappa shape index (κ1) is 12.1. The van der Waals surface area contributed by atoms with Crippen LogP contribution in [-0.2, 0) is 6.42 Å². The third kappa shape index (κ3) is 4.84. The fourth-order valence-corrected chi connectivity index (χ4v) is 1.58. The molecule has 1 aromatic rings. The summed E-state index contributed by atoms with van der Waals surface area (Å²) in [6, 6.07) is 7.08. The van der Waals surface area contributed by atoms with Gasteiger partial charge in [-0.2, -0.15) is 0 Å². The van der Waals surface area contributed by atoms with Crippen molar-refractivity contribution >= 4 is 0 Å². The third-order valence-electron chi connectivity index (χ3n) is 2.46. The van der Waals surface area contributed by atoms with E-state index < -0.39 is 0 Å².